The summed E-state index contributed by atoms with van der Waals surface area (Å²) in [7, 11) is 0. The molecule has 3 heteroatoms. The molecule has 1 heterocycles. The molecule has 0 bridgehead atoms. The average Bonchev–Trinajstić information content (AvgIpc) is 3.11. The molecule has 0 saturated heterocycles. The predicted octanol–water partition coefficient (Wildman–Crippen LogP) is 3.52. The minimum atomic E-state index is 0.687. The van der Waals surface area contributed by atoms with E-state index in [0.29, 0.717) is 6.04 Å². The van der Waals surface area contributed by atoms with Crippen LogP contribution in [0.25, 0.3) is 0 Å². The number of aromatic nitrogens is 2. The van der Waals surface area contributed by atoms with E-state index >= 15 is 0 Å². The molecule has 0 spiro atoms. The van der Waals surface area contributed by atoms with Crippen molar-refractivity contribution in [1.29, 1.82) is 0 Å². The zero-order chi connectivity index (χ0) is 11.7. The molecule has 3 nitrogen and oxygen atoms in total. The van der Waals surface area contributed by atoms with Crippen LogP contribution in [0.4, 0.5) is 5.95 Å². The molecule has 0 aromatic carbocycles. The fraction of sp³-hybridized carbons (Fsp3) is 0.786. The Hall–Kier alpha value is -0.990. The van der Waals surface area contributed by atoms with Gasteiger partial charge in [0.25, 0.3) is 0 Å². The third-order valence-corrected chi connectivity index (χ3v) is 4.07. The first kappa shape index (κ1) is 11.1. The Morgan fingerprint density at radius 2 is 2.00 bits per heavy atom. The predicted molar refractivity (Wildman–Crippen MR) is 70.3 cm³/mol. The van der Waals surface area contributed by atoms with Crippen LogP contribution in [0.2, 0.25) is 0 Å². The van der Waals surface area contributed by atoms with E-state index in [-0.39, 0.29) is 0 Å². The number of nitrogens with zero attached hydrogens (tertiary/aromatic N) is 2. The van der Waals surface area contributed by atoms with Crippen LogP contribution in [-0.4, -0.2) is 16.1 Å². The van der Waals surface area contributed by atoms with Gasteiger partial charge in [-0.1, -0.05) is 19.3 Å². The molecule has 0 amide bonds. The molecule has 0 atom stereocenters. The Morgan fingerprint density at radius 3 is 2.71 bits per heavy atom. The maximum absolute atomic E-state index is 4.64. The number of aryl methyl sites for hydroxylation is 1. The second-order valence-electron chi connectivity index (χ2n) is 5.73. The lowest BCUT2D eigenvalue weighted by atomic mass is 9.95. The second kappa shape index (κ2) is 4.71. The lowest BCUT2D eigenvalue weighted by molar-refractivity contribution is 0.355. The minimum Gasteiger partial charge on any atom is -0.355 e. The lowest BCUT2D eigenvalue weighted by Gasteiger charge is -2.24. The topological polar surface area (TPSA) is 29.9 Å². The summed E-state index contributed by atoms with van der Waals surface area (Å²) in [5.74, 6) is 2.02. The van der Waals surface area contributed by atoms with E-state index in [1.54, 1.807) is 0 Å². The van der Waals surface area contributed by atoms with Crippen molar-refractivity contribution in [3.05, 3.63) is 11.9 Å². The molecule has 0 unspecified atom stereocenters. The first-order valence-electron chi connectivity index (χ1n) is 7.12. The third-order valence-electron chi connectivity index (χ3n) is 4.07. The molecule has 0 radical (unpaired) electrons. The van der Waals surface area contributed by atoms with E-state index in [4.69, 9.17) is 0 Å². The number of hydrogen-bond acceptors (Lipinski definition) is 2. The molecule has 1 aromatic heterocycles. The SMILES string of the molecule is Cc1cn(C2CCCCC2)c(NCC2CC2)n1. The highest BCUT2D eigenvalue weighted by atomic mass is 15.2. The van der Waals surface area contributed by atoms with Crippen LogP contribution in [0.15, 0.2) is 6.20 Å². The van der Waals surface area contributed by atoms with Gasteiger partial charge in [-0.15, -0.1) is 0 Å². The van der Waals surface area contributed by atoms with Crippen LogP contribution in [0.5, 0.6) is 0 Å². The monoisotopic (exact) mass is 233 g/mol. The van der Waals surface area contributed by atoms with E-state index in [2.05, 4.69) is 28.0 Å². The van der Waals surface area contributed by atoms with Crippen LogP contribution in [-0.2, 0) is 0 Å². The van der Waals surface area contributed by atoms with Crippen LogP contribution >= 0.6 is 0 Å². The van der Waals surface area contributed by atoms with Gasteiger partial charge in [0, 0.05) is 18.8 Å². The van der Waals surface area contributed by atoms with E-state index in [9.17, 15) is 0 Å². The molecule has 0 aliphatic heterocycles. The van der Waals surface area contributed by atoms with E-state index in [1.807, 2.05) is 0 Å². The fourth-order valence-corrected chi connectivity index (χ4v) is 2.84. The van der Waals surface area contributed by atoms with Crippen LogP contribution in [0.3, 0.4) is 0 Å². The Balaban J connectivity index is 1.71. The van der Waals surface area contributed by atoms with Gasteiger partial charge in [0.2, 0.25) is 5.95 Å². The van der Waals surface area contributed by atoms with Crippen molar-refractivity contribution < 1.29 is 0 Å². The summed E-state index contributed by atoms with van der Waals surface area (Å²) in [6.07, 6.45) is 11.8. The quantitative estimate of drug-likeness (QED) is 0.862. The highest BCUT2D eigenvalue weighted by Crippen LogP contribution is 2.32. The van der Waals surface area contributed by atoms with Crippen molar-refractivity contribution >= 4 is 5.95 Å². The normalized spacial score (nSPS) is 21.7. The molecular weight excluding hydrogens is 210 g/mol. The number of nitrogens with one attached hydrogen (secondary N) is 1. The standard InChI is InChI=1S/C14H23N3/c1-11-10-17(13-5-3-2-4-6-13)14(16-11)15-9-12-7-8-12/h10,12-13H,2-9H2,1H3,(H,15,16). The van der Waals surface area contributed by atoms with Crippen molar-refractivity contribution in [2.75, 3.05) is 11.9 Å². The van der Waals surface area contributed by atoms with Crippen molar-refractivity contribution in [1.82, 2.24) is 9.55 Å². The molecular formula is C14H23N3. The van der Waals surface area contributed by atoms with Gasteiger partial charge in [0.05, 0.1) is 5.69 Å². The summed E-state index contributed by atoms with van der Waals surface area (Å²) in [4.78, 5) is 4.64. The third kappa shape index (κ3) is 2.64. The first-order chi connectivity index (χ1) is 8.33. The van der Waals surface area contributed by atoms with Gasteiger partial charge in [-0.3, -0.25) is 0 Å². The van der Waals surface area contributed by atoms with Crippen molar-refractivity contribution in [2.45, 2.75) is 57.9 Å². The molecule has 94 valence electrons. The molecule has 1 N–H and O–H groups in total. The minimum absolute atomic E-state index is 0.687. The largest absolute Gasteiger partial charge is 0.355 e. The van der Waals surface area contributed by atoms with Gasteiger partial charge >= 0.3 is 0 Å². The molecule has 3 rings (SSSR count). The number of imidazole rings is 1. The van der Waals surface area contributed by atoms with Crippen molar-refractivity contribution in [3.63, 3.8) is 0 Å². The first-order valence-corrected chi connectivity index (χ1v) is 7.12. The summed E-state index contributed by atoms with van der Waals surface area (Å²) in [6.45, 7) is 3.21. The molecule has 17 heavy (non-hydrogen) atoms. The Kier molecular flexibility index (Phi) is 3.08. The molecule has 2 saturated carbocycles. The number of anilines is 1. The summed E-state index contributed by atoms with van der Waals surface area (Å²) >= 11 is 0. The van der Waals surface area contributed by atoms with Crippen molar-refractivity contribution in [2.24, 2.45) is 5.92 Å². The highest BCUT2D eigenvalue weighted by Gasteiger charge is 2.23. The Labute approximate surface area is 104 Å². The van der Waals surface area contributed by atoms with Gasteiger partial charge in [-0.2, -0.15) is 0 Å². The maximum Gasteiger partial charge on any atom is 0.203 e. The second-order valence-corrected chi connectivity index (χ2v) is 5.73. The van der Waals surface area contributed by atoms with Gasteiger partial charge in [-0.25, -0.2) is 4.98 Å². The van der Waals surface area contributed by atoms with Gasteiger partial charge < -0.3 is 9.88 Å². The van der Waals surface area contributed by atoms with Crippen molar-refractivity contribution in [3.8, 4) is 0 Å². The van der Waals surface area contributed by atoms with Gasteiger partial charge in [0.1, 0.15) is 0 Å². The summed E-state index contributed by atoms with van der Waals surface area (Å²) in [5.41, 5.74) is 1.15. The van der Waals surface area contributed by atoms with E-state index in [0.717, 1.165) is 24.1 Å². The average molecular weight is 233 g/mol. The smallest absolute Gasteiger partial charge is 0.203 e. The van der Waals surface area contributed by atoms with E-state index in [1.165, 1.54) is 44.9 Å². The Morgan fingerprint density at radius 1 is 1.24 bits per heavy atom. The molecule has 2 aliphatic carbocycles. The zero-order valence-corrected chi connectivity index (χ0v) is 10.8. The van der Waals surface area contributed by atoms with Gasteiger partial charge in [0.15, 0.2) is 0 Å². The highest BCUT2D eigenvalue weighted by molar-refractivity contribution is 5.30. The summed E-state index contributed by atoms with van der Waals surface area (Å²) < 4.78 is 2.40. The molecule has 2 fully saturated rings. The summed E-state index contributed by atoms with van der Waals surface area (Å²) in [5, 5.41) is 3.55. The number of hydrogen-bond donors (Lipinski definition) is 1. The summed E-state index contributed by atoms with van der Waals surface area (Å²) in [6, 6.07) is 0.687. The maximum atomic E-state index is 4.64. The molecule has 2 aliphatic rings. The van der Waals surface area contributed by atoms with Crippen LogP contribution in [0, 0.1) is 12.8 Å². The van der Waals surface area contributed by atoms with Crippen LogP contribution in [0.1, 0.15) is 56.7 Å². The lowest BCUT2D eigenvalue weighted by Crippen LogP contribution is -2.16. The van der Waals surface area contributed by atoms with Crippen LogP contribution < -0.4 is 5.32 Å². The molecule has 1 aromatic rings. The van der Waals surface area contributed by atoms with E-state index < -0.39 is 0 Å². The zero-order valence-electron chi connectivity index (χ0n) is 10.8. The fourth-order valence-electron chi connectivity index (χ4n) is 2.84. The van der Waals surface area contributed by atoms with Gasteiger partial charge in [-0.05, 0) is 38.5 Å². The Bertz CT molecular complexity index is 373. The number of rotatable bonds is 4.